The number of aliphatic hydroxyl groups is 1. The second-order valence-electron chi connectivity index (χ2n) is 25.2. The number of imidazole rings is 1. The van der Waals surface area contributed by atoms with Gasteiger partial charge in [-0.15, -0.1) is 0 Å². The number of amides is 5. The minimum atomic E-state index is -1.61. The van der Waals surface area contributed by atoms with E-state index in [2.05, 4.69) is 46.5 Å². The Balaban J connectivity index is 1.24. The number of nitrogens with two attached hydrogens (primary N) is 2. The maximum atomic E-state index is 14.9. The van der Waals surface area contributed by atoms with Gasteiger partial charge in [-0.05, 0) is 114 Å². The molecule has 10 atom stereocenters. The number of carbonyl (C=O) groups is 10. The van der Waals surface area contributed by atoms with Crippen LogP contribution >= 0.6 is 0 Å². The lowest BCUT2D eigenvalue weighted by Gasteiger charge is -2.29. The summed E-state index contributed by atoms with van der Waals surface area (Å²) in [5, 5.41) is 35.9. The van der Waals surface area contributed by atoms with Crippen molar-refractivity contribution in [2.75, 3.05) is 26.3 Å². The zero-order chi connectivity index (χ0) is 65.0. The van der Waals surface area contributed by atoms with Crippen molar-refractivity contribution < 1.29 is 62.9 Å². The summed E-state index contributed by atoms with van der Waals surface area (Å²) in [7, 11) is 0. The quantitative estimate of drug-likeness (QED) is 0.0176. The number of aromatic nitrogens is 3. The molecule has 24 heteroatoms. The number of ketones is 5. The molecule has 1 unspecified atom stereocenters. The van der Waals surface area contributed by atoms with Crippen LogP contribution < -0.4 is 38.1 Å². The molecule has 2 heterocycles. The Hall–Kier alpha value is -8.12. The first kappa shape index (κ1) is 70.0. The van der Waals surface area contributed by atoms with Crippen molar-refractivity contribution in [1.82, 2.24) is 41.5 Å². The number of aromatic hydroxyl groups is 1. The number of H-pyrrole nitrogens is 2. The summed E-state index contributed by atoms with van der Waals surface area (Å²) in [5.41, 5.74) is 12.8. The van der Waals surface area contributed by atoms with Crippen LogP contribution in [0, 0.1) is 41.4 Å². The van der Waals surface area contributed by atoms with E-state index in [1.807, 2.05) is 38.1 Å². The van der Waals surface area contributed by atoms with Crippen LogP contribution in [0.5, 0.6) is 5.75 Å². The summed E-state index contributed by atoms with van der Waals surface area (Å²) in [4.78, 5) is 156. The van der Waals surface area contributed by atoms with Gasteiger partial charge in [0.1, 0.15) is 23.6 Å². The van der Waals surface area contributed by atoms with Crippen LogP contribution in [0.4, 0.5) is 0 Å². The molecule has 2 aliphatic rings. The average molecular weight is 1230 g/mol. The van der Waals surface area contributed by atoms with Gasteiger partial charge in [0, 0.05) is 116 Å². The zero-order valence-corrected chi connectivity index (χ0v) is 52.1. The number of fused-ring (bicyclic) bond motifs is 1. The highest BCUT2D eigenvalue weighted by Crippen LogP contribution is 2.35. The van der Waals surface area contributed by atoms with E-state index in [0.717, 1.165) is 10.9 Å². The molecular weight excluding hydrogens is 1140 g/mol. The highest BCUT2D eigenvalue weighted by Gasteiger charge is 2.42. The van der Waals surface area contributed by atoms with Gasteiger partial charge in [-0.2, -0.15) is 0 Å². The molecule has 0 bridgehead atoms. The lowest BCUT2D eigenvalue weighted by molar-refractivity contribution is -0.138. The largest absolute Gasteiger partial charge is 0.508 e. The number of ether oxygens (including phenoxy) is 1. The summed E-state index contributed by atoms with van der Waals surface area (Å²) in [5.74, 6) is -10.7. The first-order valence-corrected chi connectivity index (χ1v) is 31.1. The molecule has 0 spiro atoms. The second-order valence-corrected chi connectivity index (χ2v) is 25.2. The van der Waals surface area contributed by atoms with Gasteiger partial charge in [0.25, 0.3) is 0 Å². The Labute approximate surface area is 519 Å². The topological polar surface area (TPSA) is 389 Å². The molecule has 2 saturated carbocycles. The SMILES string of the molecule is CCNC(=O)[C@@H]1CCCC1C(=O)[C@H](CCCN=C(N)N)NC(=O)[C@@H](CC(=O)[C@@H](COC(C)(C)C)NC(=O)[C@@H](CC(=O)[C@H](CO)NC(=O)[C@@H](CC(=O)[C@H](Cc1cnc[nH]1)NC(=O)[C@H]1CCC(=O)C1)Cc1c[nH]c2ccccc12)Cc1ccc(O)cc1)CC(C)C. The van der Waals surface area contributed by atoms with Gasteiger partial charge in [-0.3, -0.25) is 52.9 Å². The summed E-state index contributed by atoms with van der Waals surface area (Å²) in [6.07, 6.45) is 5.96. The van der Waals surface area contributed by atoms with Crippen molar-refractivity contribution in [2.45, 2.75) is 168 Å². The third kappa shape index (κ3) is 21.6. The number of aliphatic hydroxyl groups excluding tert-OH is 1. The number of aromatic amines is 2. The zero-order valence-electron chi connectivity index (χ0n) is 52.1. The van der Waals surface area contributed by atoms with E-state index in [-0.39, 0.29) is 93.2 Å². The van der Waals surface area contributed by atoms with E-state index in [1.165, 1.54) is 24.7 Å². The van der Waals surface area contributed by atoms with Crippen LogP contribution in [-0.2, 0) is 71.9 Å². The molecule has 0 saturated heterocycles. The van der Waals surface area contributed by atoms with Crippen molar-refractivity contribution in [1.29, 1.82) is 0 Å². The normalized spacial score (nSPS) is 18.2. The first-order chi connectivity index (χ1) is 42.3. The van der Waals surface area contributed by atoms with E-state index in [9.17, 15) is 58.2 Å². The number of para-hydroxylation sites is 1. The molecule has 2 fully saturated rings. The van der Waals surface area contributed by atoms with Crippen LogP contribution in [0.25, 0.3) is 10.9 Å². The molecule has 0 aliphatic heterocycles. The van der Waals surface area contributed by atoms with Crippen LogP contribution in [0.15, 0.2) is 72.2 Å². The number of nitrogens with one attached hydrogen (secondary N) is 7. The molecule has 24 nitrogen and oxygen atoms in total. The number of benzene rings is 2. The van der Waals surface area contributed by atoms with Gasteiger partial charge in [0.05, 0.1) is 37.2 Å². The number of carbonyl (C=O) groups excluding carboxylic acids is 10. The van der Waals surface area contributed by atoms with Gasteiger partial charge < -0.3 is 63.0 Å². The standard InChI is InChI=1S/C65H91N11O13/c1-7-69-63(88)49-14-10-13-48(49)58(83)51(16-11-23-70-64(66)67)73-60(85)40(24-37(2)3)28-57(82)54(35-89-65(4,5)6)76-61(86)41(25-38-17-20-45(78)21-18-38)29-56(81)53(34-77)75-62(87)42(26-43-32-71-50-15-9-8-12-47(43)50)30-55(80)52(31-44-33-68-36-72-44)74-59(84)39-19-22-46(79)27-39/h8-9,12,15,17-18,20-21,32-33,36-37,39-42,48-49,51-54,71,77-78H,7,10-11,13-14,16,19,22-31,34-35H2,1-6H3,(H,68,72)(H,69,88)(H,73,85)(H,74,84)(H,75,87)(H,76,86)(H4,66,67,70)/t39-,40+,41+,42+,48?,49+,51-,52-,53-,54+/m0/s1. The number of hydrogen-bond acceptors (Lipinski definition) is 15. The maximum Gasteiger partial charge on any atom is 0.224 e. The van der Waals surface area contributed by atoms with Crippen LogP contribution in [0.2, 0.25) is 0 Å². The molecule has 89 heavy (non-hydrogen) atoms. The minimum absolute atomic E-state index is 0.00697. The fourth-order valence-electron chi connectivity index (χ4n) is 11.8. The second kappa shape index (κ2) is 33.5. The minimum Gasteiger partial charge on any atom is -0.508 e. The van der Waals surface area contributed by atoms with Crippen molar-refractivity contribution >= 4 is 75.3 Å². The molecule has 13 N–H and O–H groups in total. The van der Waals surface area contributed by atoms with Crippen molar-refractivity contribution in [2.24, 2.45) is 57.9 Å². The molecule has 2 aromatic carbocycles. The Morgan fingerprint density at radius 1 is 0.753 bits per heavy atom. The van der Waals surface area contributed by atoms with Crippen LogP contribution in [-0.4, -0.2) is 146 Å². The highest BCUT2D eigenvalue weighted by atomic mass is 16.5. The third-order valence-corrected chi connectivity index (χ3v) is 16.5. The predicted octanol–water partition coefficient (Wildman–Crippen LogP) is 3.69. The van der Waals surface area contributed by atoms with Gasteiger partial charge in [-0.1, -0.05) is 50.6 Å². The summed E-state index contributed by atoms with van der Waals surface area (Å²) < 4.78 is 6.12. The lowest BCUT2D eigenvalue weighted by atomic mass is 9.85. The maximum absolute atomic E-state index is 14.9. The smallest absolute Gasteiger partial charge is 0.224 e. The predicted molar refractivity (Wildman–Crippen MR) is 332 cm³/mol. The molecule has 2 aliphatic carbocycles. The van der Waals surface area contributed by atoms with Gasteiger partial charge in [0.15, 0.2) is 29.1 Å². The van der Waals surface area contributed by atoms with E-state index >= 15 is 0 Å². The Kier molecular flexibility index (Phi) is 26.3. The van der Waals surface area contributed by atoms with Gasteiger partial charge >= 0.3 is 0 Å². The molecule has 4 aromatic rings. The van der Waals surface area contributed by atoms with E-state index < -0.39 is 132 Å². The number of phenols is 1. The van der Waals surface area contributed by atoms with Crippen molar-refractivity contribution in [3.63, 3.8) is 0 Å². The molecule has 6 rings (SSSR count). The van der Waals surface area contributed by atoms with Crippen molar-refractivity contribution in [3.05, 3.63) is 84.1 Å². The summed E-state index contributed by atoms with van der Waals surface area (Å²) in [6.45, 7) is 10.1. The Bertz CT molecular complexity index is 3110. The molecule has 5 amide bonds. The average Bonchev–Trinajstić information content (AvgIpc) is 2.38. The fraction of sp³-hybridized carbons (Fsp3) is 0.569. The van der Waals surface area contributed by atoms with Crippen LogP contribution in [0.1, 0.15) is 135 Å². The number of Topliss-reactive ketones (excluding diaryl/α,β-unsaturated/α-hetero) is 5. The number of phenolic OH excluding ortho intramolecular Hbond substituents is 1. The number of aliphatic imine (C=N–C) groups is 1. The van der Waals surface area contributed by atoms with Crippen molar-refractivity contribution in [3.8, 4) is 5.75 Å². The summed E-state index contributed by atoms with van der Waals surface area (Å²) >= 11 is 0. The Morgan fingerprint density at radius 2 is 1.38 bits per heavy atom. The lowest BCUT2D eigenvalue weighted by Crippen LogP contribution is -2.51. The summed E-state index contributed by atoms with van der Waals surface area (Å²) in [6, 6.07) is 8.09. The molecule has 2 aromatic heterocycles. The van der Waals surface area contributed by atoms with Gasteiger partial charge in [0.2, 0.25) is 29.5 Å². The van der Waals surface area contributed by atoms with E-state index in [1.54, 1.807) is 46.0 Å². The molecule has 0 radical (unpaired) electrons. The monoisotopic (exact) mass is 1230 g/mol. The van der Waals surface area contributed by atoms with Crippen LogP contribution in [0.3, 0.4) is 0 Å². The molecule has 484 valence electrons. The number of nitrogens with zero attached hydrogens (tertiary/aromatic N) is 2. The number of guanidine groups is 1. The Morgan fingerprint density at radius 3 is 2.01 bits per heavy atom. The highest BCUT2D eigenvalue weighted by molar-refractivity contribution is 5.99. The molecular formula is C65H91N11O13. The third-order valence-electron chi connectivity index (χ3n) is 16.5. The van der Waals surface area contributed by atoms with E-state index in [4.69, 9.17) is 16.2 Å². The fourth-order valence-corrected chi connectivity index (χ4v) is 11.8. The number of rotatable bonds is 36. The first-order valence-electron chi connectivity index (χ1n) is 31.1. The van der Waals surface area contributed by atoms with Gasteiger partial charge in [-0.25, -0.2) is 4.98 Å². The number of hydrogen-bond donors (Lipinski definition) is 11. The van der Waals surface area contributed by atoms with E-state index in [0.29, 0.717) is 55.5 Å².